The van der Waals surface area contributed by atoms with E-state index in [4.69, 9.17) is 0 Å². The second-order valence-corrected chi connectivity index (χ2v) is 8.16. The van der Waals surface area contributed by atoms with Crippen LogP contribution in [0.5, 0.6) is 0 Å². The summed E-state index contributed by atoms with van der Waals surface area (Å²) in [5, 5.41) is 5.51. The fourth-order valence-corrected chi connectivity index (χ4v) is 3.86. The summed E-state index contributed by atoms with van der Waals surface area (Å²) in [6.45, 7) is 0.692. The number of rotatable bonds is 5. The van der Waals surface area contributed by atoms with E-state index >= 15 is 0 Å². The van der Waals surface area contributed by atoms with Crippen molar-refractivity contribution in [3.05, 3.63) is 95.5 Å². The summed E-state index contributed by atoms with van der Waals surface area (Å²) in [4.78, 5) is 42.0. The van der Waals surface area contributed by atoms with E-state index < -0.39 is 0 Å². The molecule has 2 aromatic carbocycles. The molecule has 5 rings (SSSR count). The Balaban J connectivity index is 1.34. The van der Waals surface area contributed by atoms with Crippen LogP contribution < -0.4 is 10.6 Å². The highest BCUT2D eigenvalue weighted by atomic mass is 16.2. The van der Waals surface area contributed by atoms with Crippen LogP contribution in [0.3, 0.4) is 0 Å². The number of carbonyl (C=O) groups excluding carboxylic acids is 2. The van der Waals surface area contributed by atoms with Gasteiger partial charge in [0.2, 0.25) is 17.8 Å². The molecule has 36 heavy (non-hydrogen) atoms. The number of carbonyl (C=O) groups is 2. The van der Waals surface area contributed by atoms with Gasteiger partial charge < -0.3 is 14.9 Å². The Hall–Kier alpha value is -5.10. The van der Waals surface area contributed by atoms with E-state index in [2.05, 4.69) is 42.4 Å². The van der Waals surface area contributed by atoms with Crippen LogP contribution in [-0.4, -0.2) is 50.2 Å². The first kappa shape index (κ1) is 22.7. The molecular formula is C27H23N7O2. The minimum Gasteiger partial charge on any atom is -0.373 e. The number of anilines is 2. The van der Waals surface area contributed by atoms with E-state index in [0.29, 0.717) is 29.1 Å². The molecule has 4 aromatic rings. The summed E-state index contributed by atoms with van der Waals surface area (Å²) in [6.07, 6.45) is 7.26. The van der Waals surface area contributed by atoms with Crippen LogP contribution in [0.4, 0.5) is 11.9 Å². The molecule has 9 heteroatoms. The van der Waals surface area contributed by atoms with Gasteiger partial charge in [-0.1, -0.05) is 42.2 Å². The van der Waals surface area contributed by atoms with Crippen molar-refractivity contribution in [1.82, 2.24) is 24.8 Å². The maximum atomic E-state index is 13.0. The smallest absolute Gasteiger partial charge is 0.260 e. The molecule has 0 saturated carbocycles. The number of nitrogens with zero attached hydrogens (tertiary/aromatic N) is 3. The average Bonchev–Trinajstić information content (AvgIpc) is 3.54. The van der Waals surface area contributed by atoms with Gasteiger partial charge in [0.1, 0.15) is 5.52 Å². The summed E-state index contributed by atoms with van der Waals surface area (Å²) >= 11 is 0. The number of amides is 2. The number of hydrogen-bond donors (Lipinski definition) is 4. The first-order chi connectivity index (χ1) is 17.6. The predicted octanol–water partition coefficient (Wildman–Crippen LogP) is 3.67. The van der Waals surface area contributed by atoms with Gasteiger partial charge in [-0.25, -0.2) is 9.97 Å². The summed E-state index contributed by atoms with van der Waals surface area (Å²) in [7, 11) is 1.93. The van der Waals surface area contributed by atoms with Gasteiger partial charge in [0.05, 0.1) is 17.5 Å². The Morgan fingerprint density at radius 3 is 2.72 bits per heavy atom. The van der Waals surface area contributed by atoms with E-state index in [1.807, 2.05) is 54.4 Å². The fraction of sp³-hybridized carbons (Fsp3) is 0.111. The lowest BCUT2D eigenvalue weighted by atomic mass is 10.1. The number of para-hydroxylation sites is 1. The molecule has 0 unspecified atom stereocenters. The Kier molecular flexibility index (Phi) is 6.32. The molecule has 9 nitrogen and oxygen atoms in total. The standard InChI is InChI=1S/C27H23N7O2/c1-34-16-6-9-19(13-12-18-7-3-2-4-8-18)22(34)17-23(35)31-27-30-21-11-5-10-20(24(21)32-27)25(36)33-26-28-14-15-29-26/h2-11,14-15H,16-17H2,1H3,(H2,28,29,33,36)(H2,30,31,32,35). The molecule has 0 spiro atoms. The monoisotopic (exact) mass is 477 g/mol. The van der Waals surface area contributed by atoms with Crippen molar-refractivity contribution >= 4 is 34.7 Å². The van der Waals surface area contributed by atoms with Gasteiger partial charge in [-0.15, -0.1) is 0 Å². The van der Waals surface area contributed by atoms with E-state index in [9.17, 15) is 9.59 Å². The highest BCUT2D eigenvalue weighted by molar-refractivity contribution is 6.11. The maximum absolute atomic E-state index is 13.0. The Morgan fingerprint density at radius 1 is 1.06 bits per heavy atom. The van der Waals surface area contributed by atoms with Crippen molar-refractivity contribution in [2.75, 3.05) is 24.2 Å². The van der Waals surface area contributed by atoms with Crippen LogP contribution in [0, 0.1) is 11.8 Å². The third-order valence-corrected chi connectivity index (χ3v) is 5.62. The summed E-state index contributed by atoms with van der Waals surface area (Å²) in [5.74, 6) is 6.35. The number of aromatic amines is 2. The lowest BCUT2D eigenvalue weighted by Crippen LogP contribution is -2.26. The lowest BCUT2D eigenvalue weighted by Gasteiger charge is -2.25. The topological polar surface area (TPSA) is 119 Å². The molecule has 2 aromatic heterocycles. The number of benzene rings is 2. The summed E-state index contributed by atoms with van der Waals surface area (Å²) < 4.78 is 0. The second-order valence-electron chi connectivity index (χ2n) is 8.16. The molecule has 0 saturated heterocycles. The minimum atomic E-state index is -0.359. The number of hydrogen-bond acceptors (Lipinski definition) is 5. The zero-order valence-electron chi connectivity index (χ0n) is 19.5. The third kappa shape index (κ3) is 5.03. The van der Waals surface area contributed by atoms with Crippen LogP contribution in [0.25, 0.3) is 11.0 Å². The van der Waals surface area contributed by atoms with Gasteiger partial charge in [0, 0.05) is 42.8 Å². The maximum Gasteiger partial charge on any atom is 0.260 e. The van der Waals surface area contributed by atoms with Crippen molar-refractivity contribution in [3.63, 3.8) is 0 Å². The van der Waals surface area contributed by atoms with Gasteiger partial charge in [-0.05, 0) is 30.3 Å². The zero-order chi connectivity index (χ0) is 24.9. The van der Waals surface area contributed by atoms with Gasteiger partial charge >= 0.3 is 0 Å². The van der Waals surface area contributed by atoms with Crippen molar-refractivity contribution in [3.8, 4) is 11.8 Å². The van der Waals surface area contributed by atoms with Crippen molar-refractivity contribution in [2.45, 2.75) is 6.42 Å². The first-order valence-electron chi connectivity index (χ1n) is 11.3. The molecule has 0 atom stereocenters. The van der Waals surface area contributed by atoms with Crippen molar-refractivity contribution in [2.24, 2.45) is 0 Å². The van der Waals surface area contributed by atoms with E-state index in [-0.39, 0.29) is 24.2 Å². The molecule has 0 aliphatic carbocycles. The van der Waals surface area contributed by atoms with Gasteiger partial charge in [0.25, 0.3) is 5.91 Å². The van der Waals surface area contributed by atoms with Crippen LogP contribution in [-0.2, 0) is 4.79 Å². The number of aromatic nitrogens is 4. The molecule has 4 N–H and O–H groups in total. The summed E-state index contributed by atoms with van der Waals surface area (Å²) in [6, 6.07) is 14.9. The van der Waals surface area contributed by atoms with Crippen LogP contribution in [0.2, 0.25) is 0 Å². The molecule has 0 radical (unpaired) electrons. The molecule has 0 bridgehead atoms. The molecule has 1 aliphatic heterocycles. The number of fused-ring (bicyclic) bond motifs is 1. The normalized spacial score (nSPS) is 12.9. The van der Waals surface area contributed by atoms with E-state index in [0.717, 1.165) is 16.8 Å². The highest BCUT2D eigenvalue weighted by Gasteiger charge is 2.19. The SMILES string of the molecule is CN1CC=CC(C#Cc2ccccc2)=C1CC(=O)Nc1nc2c(C(=O)Nc3ncc[nH]3)cccc2[nH]1. The molecular weight excluding hydrogens is 454 g/mol. The number of nitrogens with one attached hydrogen (secondary N) is 4. The Morgan fingerprint density at radius 2 is 1.92 bits per heavy atom. The van der Waals surface area contributed by atoms with Crippen molar-refractivity contribution in [1.29, 1.82) is 0 Å². The molecule has 3 heterocycles. The first-order valence-corrected chi connectivity index (χ1v) is 11.3. The minimum absolute atomic E-state index is 0.128. The number of allylic oxidation sites excluding steroid dienone is 2. The molecule has 2 amide bonds. The molecule has 178 valence electrons. The number of likely N-dealkylation sites (N-methyl/N-ethyl adjacent to an activating group) is 1. The quantitative estimate of drug-likeness (QED) is 0.327. The highest BCUT2D eigenvalue weighted by Crippen LogP contribution is 2.22. The van der Waals surface area contributed by atoms with Crippen LogP contribution >= 0.6 is 0 Å². The summed E-state index contributed by atoms with van der Waals surface area (Å²) in [5.41, 5.74) is 3.97. The molecule has 1 aliphatic rings. The number of H-pyrrole nitrogens is 2. The largest absolute Gasteiger partial charge is 0.373 e. The van der Waals surface area contributed by atoms with Gasteiger partial charge in [-0.3, -0.25) is 20.2 Å². The van der Waals surface area contributed by atoms with Crippen LogP contribution in [0.1, 0.15) is 22.3 Å². The van der Waals surface area contributed by atoms with Crippen LogP contribution in [0.15, 0.2) is 84.3 Å². The predicted molar refractivity (Wildman–Crippen MR) is 138 cm³/mol. The van der Waals surface area contributed by atoms with E-state index in [1.165, 1.54) is 0 Å². The Labute approximate surface area is 207 Å². The van der Waals surface area contributed by atoms with Gasteiger partial charge in [0.15, 0.2) is 0 Å². The zero-order valence-corrected chi connectivity index (χ0v) is 19.5. The lowest BCUT2D eigenvalue weighted by molar-refractivity contribution is -0.115. The van der Waals surface area contributed by atoms with Gasteiger partial charge in [-0.2, -0.15) is 0 Å². The Bertz CT molecular complexity index is 1540. The average molecular weight is 478 g/mol. The molecule has 0 fully saturated rings. The third-order valence-electron chi connectivity index (χ3n) is 5.62. The fourth-order valence-electron chi connectivity index (χ4n) is 3.86. The van der Waals surface area contributed by atoms with E-state index in [1.54, 1.807) is 30.6 Å². The number of imidazole rings is 2. The second kappa shape index (κ2) is 10.0. The van der Waals surface area contributed by atoms with Crippen molar-refractivity contribution < 1.29 is 9.59 Å².